The van der Waals surface area contributed by atoms with Gasteiger partial charge in [0.05, 0.1) is 7.11 Å². The number of methoxy groups -OCH3 is 1. The topological polar surface area (TPSA) is 21.3 Å². The van der Waals surface area contributed by atoms with Crippen molar-refractivity contribution in [2.75, 3.05) is 14.2 Å². The maximum absolute atomic E-state index is 5.38. The Hall–Kier alpha value is -1.80. The van der Waals surface area contributed by atoms with E-state index in [1.165, 1.54) is 27.8 Å². The van der Waals surface area contributed by atoms with Crippen molar-refractivity contribution in [3.8, 4) is 16.9 Å². The van der Waals surface area contributed by atoms with E-state index in [0.717, 1.165) is 12.2 Å². The van der Waals surface area contributed by atoms with E-state index in [-0.39, 0.29) is 0 Å². The highest BCUT2D eigenvalue weighted by Crippen LogP contribution is 2.30. The third-order valence-corrected chi connectivity index (χ3v) is 4.04. The minimum Gasteiger partial charge on any atom is -0.496 e. The summed E-state index contributed by atoms with van der Waals surface area (Å²) in [7, 11) is 3.72. The number of aryl methyl sites for hydroxylation is 2. The minimum atomic E-state index is 0.501. The molecule has 0 aliphatic carbocycles. The molecule has 1 unspecified atom stereocenters. The second-order valence-corrected chi connectivity index (χ2v) is 5.73. The Morgan fingerprint density at radius 3 is 2.29 bits per heavy atom. The van der Waals surface area contributed by atoms with Gasteiger partial charge < -0.3 is 10.1 Å². The summed E-state index contributed by atoms with van der Waals surface area (Å²) in [6.07, 6.45) is 1.05. The summed E-state index contributed by atoms with van der Waals surface area (Å²) in [6.45, 7) is 6.42. The molecule has 0 aliphatic rings. The van der Waals surface area contributed by atoms with E-state index < -0.39 is 0 Å². The van der Waals surface area contributed by atoms with Gasteiger partial charge in [-0.15, -0.1) is 0 Å². The van der Waals surface area contributed by atoms with Gasteiger partial charge in [0.1, 0.15) is 5.75 Å². The van der Waals surface area contributed by atoms with Crippen LogP contribution in [0.5, 0.6) is 5.75 Å². The van der Waals surface area contributed by atoms with Crippen molar-refractivity contribution in [1.29, 1.82) is 0 Å². The quantitative estimate of drug-likeness (QED) is 0.891. The molecule has 2 aromatic rings. The molecule has 1 atom stereocenters. The van der Waals surface area contributed by atoms with Crippen LogP contribution < -0.4 is 10.1 Å². The zero-order valence-corrected chi connectivity index (χ0v) is 13.7. The van der Waals surface area contributed by atoms with Crippen molar-refractivity contribution in [2.24, 2.45) is 0 Å². The Balaban J connectivity index is 2.28. The van der Waals surface area contributed by atoms with Gasteiger partial charge >= 0.3 is 0 Å². The van der Waals surface area contributed by atoms with E-state index in [1.54, 1.807) is 7.11 Å². The lowest BCUT2D eigenvalue weighted by molar-refractivity contribution is 0.411. The summed E-state index contributed by atoms with van der Waals surface area (Å²) < 4.78 is 5.38. The number of likely N-dealkylation sites (N-methyl/N-ethyl adjacent to an activating group) is 1. The lowest BCUT2D eigenvalue weighted by Gasteiger charge is -2.13. The molecule has 0 aliphatic heterocycles. The summed E-state index contributed by atoms with van der Waals surface area (Å²) in [4.78, 5) is 0. The maximum atomic E-state index is 5.38. The minimum absolute atomic E-state index is 0.501. The molecule has 0 saturated heterocycles. The molecule has 21 heavy (non-hydrogen) atoms. The predicted octanol–water partition coefficient (Wildman–Crippen LogP) is 4.13. The van der Waals surface area contributed by atoms with Crippen LogP contribution in [0.4, 0.5) is 0 Å². The molecule has 0 radical (unpaired) electrons. The third kappa shape index (κ3) is 3.64. The Morgan fingerprint density at radius 2 is 1.71 bits per heavy atom. The van der Waals surface area contributed by atoms with E-state index in [4.69, 9.17) is 4.74 Å². The van der Waals surface area contributed by atoms with E-state index in [1.807, 2.05) is 7.05 Å². The second kappa shape index (κ2) is 6.77. The summed E-state index contributed by atoms with van der Waals surface area (Å²) in [5.41, 5.74) is 6.32. The molecule has 0 spiro atoms. The smallest absolute Gasteiger partial charge is 0.122 e. The van der Waals surface area contributed by atoms with Crippen molar-refractivity contribution in [1.82, 2.24) is 5.32 Å². The molecule has 2 rings (SSSR count). The molecule has 0 aromatic heterocycles. The first-order chi connectivity index (χ1) is 10.0. The van der Waals surface area contributed by atoms with Crippen molar-refractivity contribution in [2.45, 2.75) is 33.2 Å². The first-order valence-corrected chi connectivity index (χ1v) is 7.47. The largest absolute Gasteiger partial charge is 0.496 e. The van der Waals surface area contributed by atoms with Crippen molar-refractivity contribution >= 4 is 0 Å². The Labute approximate surface area is 128 Å². The number of hydrogen-bond acceptors (Lipinski definition) is 2. The Kier molecular flexibility index (Phi) is 5.03. The van der Waals surface area contributed by atoms with Gasteiger partial charge in [-0.2, -0.15) is 0 Å². The Bertz CT molecular complexity index is 602. The van der Waals surface area contributed by atoms with Crippen molar-refractivity contribution < 1.29 is 4.74 Å². The van der Waals surface area contributed by atoms with Gasteiger partial charge in [-0.25, -0.2) is 0 Å². The van der Waals surface area contributed by atoms with Crippen LogP contribution in [0.3, 0.4) is 0 Å². The number of hydrogen-bond donors (Lipinski definition) is 1. The van der Waals surface area contributed by atoms with Crippen molar-refractivity contribution in [3.63, 3.8) is 0 Å². The van der Waals surface area contributed by atoms with Crippen LogP contribution in [0, 0.1) is 13.8 Å². The summed E-state index contributed by atoms with van der Waals surface area (Å²) in [5, 5.41) is 3.28. The average Bonchev–Trinajstić information content (AvgIpc) is 2.50. The molecule has 0 saturated carbocycles. The molecule has 0 bridgehead atoms. The molecular formula is C19H25NO. The van der Waals surface area contributed by atoms with Gasteiger partial charge in [-0.3, -0.25) is 0 Å². The highest BCUT2D eigenvalue weighted by Gasteiger charge is 2.07. The molecule has 0 fully saturated rings. The average molecular weight is 283 g/mol. The molecule has 112 valence electrons. The molecule has 2 aromatic carbocycles. The van der Waals surface area contributed by atoms with Crippen LogP contribution in [-0.2, 0) is 6.42 Å². The highest BCUT2D eigenvalue weighted by molar-refractivity contribution is 5.69. The van der Waals surface area contributed by atoms with Crippen LogP contribution in [-0.4, -0.2) is 20.2 Å². The third-order valence-electron chi connectivity index (χ3n) is 4.04. The van der Waals surface area contributed by atoms with Gasteiger partial charge in [-0.1, -0.05) is 24.3 Å². The highest BCUT2D eigenvalue weighted by atomic mass is 16.5. The SMILES string of the molecule is CNC(C)Cc1ccc(-c2cc(C)c(OC)cc2C)cc1. The van der Waals surface area contributed by atoms with Gasteiger partial charge in [-0.05, 0) is 74.2 Å². The number of nitrogens with one attached hydrogen (secondary N) is 1. The number of ether oxygens (including phenoxy) is 1. The monoisotopic (exact) mass is 283 g/mol. The number of benzene rings is 2. The van der Waals surface area contributed by atoms with Gasteiger partial charge in [0.2, 0.25) is 0 Å². The standard InChI is InChI=1S/C19H25NO/c1-13-11-19(21-5)14(2)10-18(13)17-8-6-16(7-9-17)12-15(3)20-4/h6-11,15,20H,12H2,1-5H3. The van der Waals surface area contributed by atoms with E-state index >= 15 is 0 Å². The van der Waals surface area contributed by atoms with Gasteiger partial charge in [0.25, 0.3) is 0 Å². The molecule has 0 amide bonds. The van der Waals surface area contributed by atoms with E-state index in [0.29, 0.717) is 6.04 Å². The van der Waals surface area contributed by atoms with E-state index in [2.05, 4.69) is 62.5 Å². The fourth-order valence-corrected chi connectivity index (χ4v) is 2.60. The van der Waals surface area contributed by atoms with Gasteiger partial charge in [0, 0.05) is 6.04 Å². The fraction of sp³-hybridized carbons (Fsp3) is 0.368. The summed E-state index contributed by atoms with van der Waals surface area (Å²) in [5.74, 6) is 0.954. The van der Waals surface area contributed by atoms with Crippen molar-refractivity contribution in [3.05, 3.63) is 53.1 Å². The predicted molar refractivity (Wildman–Crippen MR) is 90.1 cm³/mol. The van der Waals surface area contributed by atoms with Crippen LogP contribution in [0.15, 0.2) is 36.4 Å². The van der Waals surface area contributed by atoms with Crippen LogP contribution >= 0.6 is 0 Å². The van der Waals surface area contributed by atoms with Crippen LogP contribution in [0.1, 0.15) is 23.6 Å². The fourth-order valence-electron chi connectivity index (χ4n) is 2.60. The number of rotatable bonds is 5. The summed E-state index contributed by atoms with van der Waals surface area (Å²) >= 11 is 0. The first kappa shape index (κ1) is 15.6. The molecule has 2 heteroatoms. The van der Waals surface area contributed by atoms with E-state index in [9.17, 15) is 0 Å². The normalized spacial score (nSPS) is 12.2. The zero-order chi connectivity index (χ0) is 15.4. The Morgan fingerprint density at radius 1 is 1.05 bits per heavy atom. The van der Waals surface area contributed by atoms with Crippen LogP contribution in [0.2, 0.25) is 0 Å². The zero-order valence-electron chi connectivity index (χ0n) is 13.7. The van der Waals surface area contributed by atoms with Gasteiger partial charge in [0.15, 0.2) is 0 Å². The summed E-state index contributed by atoms with van der Waals surface area (Å²) in [6, 6.07) is 13.7. The molecule has 1 N–H and O–H groups in total. The first-order valence-electron chi connectivity index (χ1n) is 7.47. The van der Waals surface area contributed by atoms with Crippen LogP contribution in [0.25, 0.3) is 11.1 Å². The molecule has 0 heterocycles. The maximum Gasteiger partial charge on any atom is 0.122 e. The lowest BCUT2D eigenvalue weighted by Crippen LogP contribution is -2.23. The molecule has 2 nitrogen and oxygen atoms in total. The lowest BCUT2D eigenvalue weighted by atomic mass is 9.96. The molecular weight excluding hydrogens is 258 g/mol. The second-order valence-electron chi connectivity index (χ2n) is 5.73.